The number of rotatable bonds is 4. The standard InChI is InChI=1S/C17H16ClNO/c18-15-10-8-13(9-11-15)16(12-6-7-12)19-17(20)14-4-2-1-3-5-14/h1-5,8-12,16H,6-7H2,(H,19,20)/t16-/m1/s1. The third-order valence-electron chi connectivity index (χ3n) is 3.65. The second kappa shape index (κ2) is 5.68. The maximum Gasteiger partial charge on any atom is 0.251 e. The molecule has 0 aromatic heterocycles. The first-order valence-corrected chi connectivity index (χ1v) is 7.23. The number of halogens is 1. The van der Waals surface area contributed by atoms with Crippen LogP contribution in [0, 0.1) is 5.92 Å². The number of amides is 1. The molecule has 0 saturated heterocycles. The second-order valence-corrected chi connectivity index (χ2v) is 5.64. The van der Waals surface area contributed by atoms with Crippen LogP contribution in [-0.4, -0.2) is 5.91 Å². The Kier molecular flexibility index (Phi) is 3.75. The van der Waals surface area contributed by atoms with Crippen LogP contribution in [0.25, 0.3) is 0 Å². The lowest BCUT2D eigenvalue weighted by atomic mass is 10.0. The van der Waals surface area contributed by atoms with Gasteiger partial charge in [-0.25, -0.2) is 0 Å². The number of benzene rings is 2. The van der Waals surface area contributed by atoms with Gasteiger partial charge in [0.15, 0.2) is 0 Å². The van der Waals surface area contributed by atoms with Gasteiger partial charge in [0.25, 0.3) is 5.91 Å². The van der Waals surface area contributed by atoms with Gasteiger partial charge in [-0.05, 0) is 48.6 Å². The van der Waals surface area contributed by atoms with Crippen LogP contribution in [0.2, 0.25) is 5.02 Å². The number of nitrogens with one attached hydrogen (secondary N) is 1. The predicted molar refractivity (Wildman–Crippen MR) is 80.8 cm³/mol. The Morgan fingerprint density at radius 1 is 1.05 bits per heavy atom. The molecule has 0 aliphatic heterocycles. The Bertz CT molecular complexity index is 590. The van der Waals surface area contributed by atoms with Crippen LogP contribution in [0.4, 0.5) is 0 Å². The molecule has 2 nitrogen and oxygen atoms in total. The highest BCUT2D eigenvalue weighted by Gasteiger charge is 2.33. The highest BCUT2D eigenvalue weighted by Crippen LogP contribution is 2.41. The first-order valence-electron chi connectivity index (χ1n) is 6.85. The first-order chi connectivity index (χ1) is 9.74. The van der Waals surface area contributed by atoms with E-state index in [1.54, 1.807) is 0 Å². The zero-order valence-corrected chi connectivity index (χ0v) is 11.8. The molecular weight excluding hydrogens is 270 g/mol. The molecule has 20 heavy (non-hydrogen) atoms. The van der Waals surface area contributed by atoms with Gasteiger partial charge in [-0.2, -0.15) is 0 Å². The predicted octanol–water partition coefficient (Wildman–Crippen LogP) is 4.22. The molecular formula is C17H16ClNO. The van der Waals surface area contributed by atoms with Crippen molar-refractivity contribution in [2.75, 3.05) is 0 Å². The summed E-state index contributed by atoms with van der Waals surface area (Å²) < 4.78 is 0. The fraction of sp³-hybridized carbons (Fsp3) is 0.235. The van der Waals surface area contributed by atoms with E-state index in [1.807, 2.05) is 54.6 Å². The quantitative estimate of drug-likeness (QED) is 0.895. The molecule has 2 aromatic carbocycles. The summed E-state index contributed by atoms with van der Waals surface area (Å²) in [7, 11) is 0. The normalized spacial score (nSPS) is 15.7. The molecule has 1 aliphatic rings. The van der Waals surface area contributed by atoms with Gasteiger partial charge in [-0.1, -0.05) is 41.9 Å². The van der Waals surface area contributed by atoms with Gasteiger partial charge in [0, 0.05) is 10.6 Å². The van der Waals surface area contributed by atoms with E-state index < -0.39 is 0 Å². The largest absolute Gasteiger partial charge is 0.345 e. The van der Waals surface area contributed by atoms with Gasteiger partial charge < -0.3 is 5.32 Å². The molecule has 1 amide bonds. The van der Waals surface area contributed by atoms with Crippen molar-refractivity contribution in [1.29, 1.82) is 0 Å². The Labute approximate surface area is 123 Å². The van der Waals surface area contributed by atoms with Gasteiger partial charge in [0.2, 0.25) is 0 Å². The molecule has 1 fully saturated rings. The van der Waals surface area contributed by atoms with Crippen molar-refractivity contribution in [1.82, 2.24) is 5.32 Å². The van der Waals surface area contributed by atoms with E-state index in [1.165, 1.54) is 12.8 Å². The van der Waals surface area contributed by atoms with Crippen LogP contribution in [-0.2, 0) is 0 Å². The summed E-state index contributed by atoms with van der Waals surface area (Å²) in [4.78, 5) is 12.3. The smallest absolute Gasteiger partial charge is 0.251 e. The van der Waals surface area contributed by atoms with Gasteiger partial charge in [0.05, 0.1) is 6.04 Å². The summed E-state index contributed by atoms with van der Waals surface area (Å²) in [5.74, 6) is 0.529. The summed E-state index contributed by atoms with van der Waals surface area (Å²) in [6.07, 6.45) is 2.34. The van der Waals surface area contributed by atoms with Crippen LogP contribution in [0.1, 0.15) is 34.8 Å². The number of carbonyl (C=O) groups is 1. The van der Waals surface area contributed by atoms with Crippen molar-refractivity contribution < 1.29 is 4.79 Å². The number of hydrogen-bond donors (Lipinski definition) is 1. The van der Waals surface area contributed by atoms with E-state index in [-0.39, 0.29) is 11.9 Å². The van der Waals surface area contributed by atoms with E-state index in [4.69, 9.17) is 11.6 Å². The minimum absolute atomic E-state index is 0.0163. The molecule has 102 valence electrons. The van der Waals surface area contributed by atoms with Gasteiger partial charge >= 0.3 is 0 Å². The molecule has 3 heteroatoms. The fourth-order valence-corrected chi connectivity index (χ4v) is 2.51. The van der Waals surface area contributed by atoms with Crippen molar-refractivity contribution in [3.8, 4) is 0 Å². The molecule has 1 N–H and O–H groups in total. The summed E-state index contributed by atoms with van der Waals surface area (Å²) in [5.41, 5.74) is 1.83. The van der Waals surface area contributed by atoms with Crippen LogP contribution in [0.15, 0.2) is 54.6 Å². The van der Waals surface area contributed by atoms with Gasteiger partial charge in [0.1, 0.15) is 0 Å². The fourth-order valence-electron chi connectivity index (χ4n) is 2.39. The van der Waals surface area contributed by atoms with E-state index >= 15 is 0 Å². The molecule has 0 unspecified atom stereocenters. The Balaban J connectivity index is 1.78. The van der Waals surface area contributed by atoms with Crippen molar-refractivity contribution >= 4 is 17.5 Å². The molecule has 0 heterocycles. The Hall–Kier alpha value is -1.80. The second-order valence-electron chi connectivity index (χ2n) is 5.21. The minimum Gasteiger partial charge on any atom is -0.345 e. The summed E-state index contributed by atoms with van der Waals surface area (Å²) >= 11 is 5.93. The monoisotopic (exact) mass is 285 g/mol. The van der Waals surface area contributed by atoms with Crippen LogP contribution < -0.4 is 5.32 Å². The average Bonchev–Trinajstić information content (AvgIpc) is 3.31. The molecule has 2 aromatic rings. The highest BCUT2D eigenvalue weighted by atomic mass is 35.5. The molecule has 3 rings (SSSR count). The Morgan fingerprint density at radius 3 is 2.30 bits per heavy atom. The lowest BCUT2D eigenvalue weighted by molar-refractivity contribution is 0.0931. The third kappa shape index (κ3) is 3.02. The maximum atomic E-state index is 12.3. The van der Waals surface area contributed by atoms with Crippen LogP contribution >= 0.6 is 11.6 Å². The third-order valence-corrected chi connectivity index (χ3v) is 3.90. The SMILES string of the molecule is O=C(N[C@@H](c1ccc(Cl)cc1)C1CC1)c1ccccc1. The van der Waals surface area contributed by atoms with Crippen LogP contribution in [0.3, 0.4) is 0 Å². The van der Waals surface area contributed by atoms with Crippen LogP contribution in [0.5, 0.6) is 0 Å². The number of hydrogen-bond acceptors (Lipinski definition) is 1. The summed E-state index contributed by atoms with van der Waals surface area (Å²) in [5, 5.41) is 3.87. The first kappa shape index (κ1) is 13.2. The lowest BCUT2D eigenvalue weighted by Gasteiger charge is -2.19. The minimum atomic E-state index is -0.0163. The summed E-state index contributed by atoms with van der Waals surface area (Å²) in [6, 6.07) is 17.2. The van der Waals surface area contributed by atoms with E-state index in [2.05, 4.69) is 5.32 Å². The van der Waals surface area contributed by atoms with Gasteiger partial charge in [-0.3, -0.25) is 4.79 Å². The van der Waals surface area contributed by atoms with Crippen molar-refractivity contribution in [2.24, 2.45) is 5.92 Å². The zero-order chi connectivity index (χ0) is 13.9. The Morgan fingerprint density at radius 2 is 1.70 bits per heavy atom. The van der Waals surface area contributed by atoms with Gasteiger partial charge in [-0.15, -0.1) is 0 Å². The molecule has 1 atom stereocenters. The maximum absolute atomic E-state index is 12.3. The molecule has 0 spiro atoms. The highest BCUT2D eigenvalue weighted by molar-refractivity contribution is 6.30. The van der Waals surface area contributed by atoms with Crippen molar-refractivity contribution in [2.45, 2.75) is 18.9 Å². The average molecular weight is 286 g/mol. The lowest BCUT2D eigenvalue weighted by Crippen LogP contribution is -2.29. The summed E-state index contributed by atoms with van der Waals surface area (Å²) in [6.45, 7) is 0. The van der Waals surface area contributed by atoms with E-state index in [0.29, 0.717) is 11.5 Å². The molecule has 0 bridgehead atoms. The zero-order valence-electron chi connectivity index (χ0n) is 11.1. The van der Waals surface area contributed by atoms with Crippen molar-refractivity contribution in [3.05, 3.63) is 70.7 Å². The number of carbonyl (C=O) groups excluding carboxylic acids is 1. The molecule has 0 radical (unpaired) electrons. The van der Waals surface area contributed by atoms with E-state index in [9.17, 15) is 4.79 Å². The molecule has 1 aliphatic carbocycles. The van der Waals surface area contributed by atoms with Crippen molar-refractivity contribution in [3.63, 3.8) is 0 Å². The topological polar surface area (TPSA) is 29.1 Å². The molecule has 1 saturated carbocycles. The van der Waals surface area contributed by atoms with E-state index in [0.717, 1.165) is 10.6 Å².